The second kappa shape index (κ2) is 8.11. The molecule has 166 valence electrons. The normalized spacial score (nSPS) is 14.5. The van der Waals surface area contributed by atoms with Crippen LogP contribution in [0.25, 0.3) is 16.9 Å². The molecule has 0 spiro atoms. The molecule has 1 aliphatic rings. The number of nitrogens with zero attached hydrogens (tertiary/aromatic N) is 3. The molecule has 0 fully saturated rings. The van der Waals surface area contributed by atoms with Crippen LogP contribution in [-0.2, 0) is 20.9 Å². The van der Waals surface area contributed by atoms with E-state index in [2.05, 4.69) is 4.98 Å². The van der Waals surface area contributed by atoms with Gasteiger partial charge in [0.25, 0.3) is 5.91 Å². The Labute approximate surface area is 186 Å². The molecule has 1 atom stereocenters. The van der Waals surface area contributed by atoms with Gasteiger partial charge in [0.05, 0.1) is 11.9 Å². The summed E-state index contributed by atoms with van der Waals surface area (Å²) in [4.78, 5) is 43.1. The summed E-state index contributed by atoms with van der Waals surface area (Å²) < 4.78 is 7.28. The third-order valence-electron chi connectivity index (χ3n) is 5.40. The quantitative estimate of drug-likeness (QED) is 0.600. The van der Waals surface area contributed by atoms with Gasteiger partial charge in [-0.1, -0.05) is 12.1 Å². The number of imidazole rings is 1. The molecule has 1 unspecified atom stereocenters. The maximum absolute atomic E-state index is 13.0. The number of amides is 2. The lowest BCUT2D eigenvalue weighted by Gasteiger charge is -2.25. The van der Waals surface area contributed by atoms with Crippen LogP contribution >= 0.6 is 0 Å². The van der Waals surface area contributed by atoms with E-state index in [1.165, 1.54) is 4.90 Å². The standard InChI is InChI=1S/C24H26N4O4/c1-24(2,3)32-21(29)10-9-18(22(25)30)28-14-16-12-15(7-8-17(16)23(28)31)19-13-26-20-6-4-5-11-27(19)20/h4-8,11-13,18H,9-10,14H2,1-3H3,(H2,25,30). The molecule has 0 saturated heterocycles. The number of aromatic nitrogens is 2. The fraction of sp³-hybridized carbons (Fsp3) is 0.333. The van der Waals surface area contributed by atoms with Gasteiger partial charge in [-0.3, -0.25) is 18.8 Å². The summed E-state index contributed by atoms with van der Waals surface area (Å²) in [5, 5.41) is 0. The highest BCUT2D eigenvalue weighted by Crippen LogP contribution is 2.31. The van der Waals surface area contributed by atoms with Crippen LogP contribution in [0.5, 0.6) is 0 Å². The van der Waals surface area contributed by atoms with E-state index in [0.717, 1.165) is 22.5 Å². The molecule has 1 aliphatic heterocycles. The predicted octanol–water partition coefficient (Wildman–Crippen LogP) is 2.93. The molecule has 2 N–H and O–H groups in total. The number of pyridine rings is 1. The summed E-state index contributed by atoms with van der Waals surface area (Å²) in [6, 6.07) is 10.5. The lowest BCUT2D eigenvalue weighted by atomic mass is 10.0. The SMILES string of the molecule is CC(C)(C)OC(=O)CCC(C(N)=O)N1Cc2cc(-c3cnc4ccccn34)ccc2C1=O. The molecule has 0 saturated carbocycles. The number of nitrogens with two attached hydrogens (primary N) is 1. The summed E-state index contributed by atoms with van der Waals surface area (Å²) in [5.41, 5.74) is 8.98. The van der Waals surface area contributed by atoms with Crippen LogP contribution in [0.3, 0.4) is 0 Å². The molecule has 2 aromatic heterocycles. The summed E-state index contributed by atoms with van der Waals surface area (Å²) in [6.45, 7) is 5.58. The third-order valence-corrected chi connectivity index (χ3v) is 5.40. The minimum absolute atomic E-state index is 0.00192. The van der Waals surface area contributed by atoms with E-state index in [-0.39, 0.29) is 25.3 Å². The van der Waals surface area contributed by atoms with Crippen LogP contribution in [0.1, 0.15) is 49.5 Å². The topological polar surface area (TPSA) is 107 Å². The second-order valence-corrected chi connectivity index (χ2v) is 8.92. The van der Waals surface area contributed by atoms with Gasteiger partial charge in [-0.2, -0.15) is 0 Å². The van der Waals surface area contributed by atoms with Gasteiger partial charge < -0.3 is 15.4 Å². The Bertz CT molecular complexity index is 1210. The van der Waals surface area contributed by atoms with Crippen molar-refractivity contribution in [3.8, 4) is 11.3 Å². The zero-order chi connectivity index (χ0) is 23.0. The zero-order valence-electron chi connectivity index (χ0n) is 18.4. The number of esters is 1. The van der Waals surface area contributed by atoms with E-state index in [1.54, 1.807) is 33.0 Å². The number of benzene rings is 1. The number of fused-ring (bicyclic) bond motifs is 2. The molecular formula is C24H26N4O4. The molecule has 8 heteroatoms. The Morgan fingerprint density at radius 3 is 2.72 bits per heavy atom. The average molecular weight is 434 g/mol. The van der Waals surface area contributed by atoms with Crippen molar-refractivity contribution in [3.63, 3.8) is 0 Å². The summed E-state index contributed by atoms with van der Waals surface area (Å²) in [5.74, 6) is -1.34. The zero-order valence-corrected chi connectivity index (χ0v) is 18.4. The molecule has 4 rings (SSSR count). The molecule has 8 nitrogen and oxygen atoms in total. The number of carbonyl (C=O) groups excluding carboxylic acids is 3. The largest absolute Gasteiger partial charge is 0.460 e. The van der Waals surface area contributed by atoms with E-state index in [9.17, 15) is 14.4 Å². The van der Waals surface area contributed by atoms with Crippen molar-refractivity contribution in [1.82, 2.24) is 14.3 Å². The van der Waals surface area contributed by atoms with Crippen molar-refractivity contribution in [2.75, 3.05) is 0 Å². The molecule has 2 amide bonds. The lowest BCUT2D eigenvalue weighted by Crippen LogP contribution is -2.45. The molecule has 0 radical (unpaired) electrons. The first-order chi connectivity index (χ1) is 15.1. The van der Waals surface area contributed by atoms with Crippen LogP contribution in [0.2, 0.25) is 0 Å². The average Bonchev–Trinajstić information content (AvgIpc) is 3.28. The van der Waals surface area contributed by atoms with Gasteiger partial charge >= 0.3 is 5.97 Å². The Kier molecular flexibility index (Phi) is 5.46. The summed E-state index contributed by atoms with van der Waals surface area (Å²) >= 11 is 0. The van der Waals surface area contributed by atoms with Crippen molar-refractivity contribution in [3.05, 3.63) is 59.9 Å². The molecule has 32 heavy (non-hydrogen) atoms. The minimum atomic E-state index is -0.887. The van der Waals surface area contributed by atoms with Gasteiger partial charge in [-0.25, -0.2) is 4.98 Å². The number of ether oxygens (including phenoxy) is 1. The number of carbonyl (C=O) groups is 3. The van der Waals surface area contributed by atoms with Crippen LogP contribution in [-0.4, -0.2) is 43.7 Å². The van der Waals surface area contributed by atoms with Crippen molar-refractivity contribution >= 4 is 23.4 Å². The highest BCUT2D eigenvalue weighted by atomic mass is 16.6. The van der Waals surface area contributed by atoms with Crippen molar-refractivity contribution in [2.45, 2.75) is 51.8 Å². The highest BCUT2D eigenvalue weighted by Gasteiger charge is 2.36. The molecule has 3 heterocycles. The first-order valence-electron chi connectivity index (χ1n) is 10.5. The first kappa shape index (κ1) is 21.5. The number of hydrogen-bond acceptors (Lipinski definition) is 5. The van der Waals surface area contributed by atoms with Crippen LogP contribution in [0.15, 0.2) is 48.8 Å². The fourth-order valence-electron chi connectivity index (χ4n) is 4.00. The molecule has 0 aliphatic carbocycles. The Balaban J connectivity index is 1.55. The van der Waals surface area contributed by atoms with E-state index in [0.29, 0.717) is 5.56 Å². The molecule has 3 aromatic rings. The van der Waals surface area contributed by atoms with E-state index in [4.69, 9.17) is 10.5 Å². The van der Waals surface area contributed by atoms with Crippen molar-refractivity contribution < 1.29 is 19.1 Å². The first-order valence-corrected chi connectivity index (χ1v) is 10.5. The van der Waals surface area contributed by atoms with Gasteiger partial charge in [0.2, 0.25) is 5.91 Å². The van der Waals surface area contributed by atoms with E-state index in [1.807, 2.05) is 40.9 Å². The van der Waals surface area contributed by atoms with Gasteiger partial charge in [-0.15, -0.1) is 0 Å². The Morgan fingerprint density at radius 1 is 1.22 bits per heavy atom. The van der Waals surface area contributed by atoms with Crippen LogP contribution in [0.4, 0.5) is 0 Å². The van der Waals surface area contributed by atoms with E-state index < -0.39 is 23.5 Å². The smallest absolute Gasteiger partial charge is 0.306 e. The maximum Gasteiger partial charge on any atom is 0.306 e. The molecule has 1 aromatic carbocycles. The van der Waals surface area contributed by atoms with Gasteiger partial charge in [0.1, 0.15) is 17.3 Å². The summed E-state index contributed by atoms with van der Waals surface area (Å²) in [7, 11) is 0. The van der Waals surface area contributed by atoms with Crippen LogP contribution in [0, 0.1) is 0 Å². The van der Waals surface area contributed by atoms with Gasteiger partial charge in [0, 0.05) is 30.3 Å². The molecular weight excluding hydrogens is 408 g/mol. The van der Waals surface area contributed by atoms with Gasteiger partial charge in [0.15, 0.2) is 0 Å². The minimum Gasteiger partial charge on any atom is -0.460 e. The molecule has 0 bridgehead atoms. The van der Waals surface area contributed by atoms with Gasteiger partial charge in [-0.05, 0) is 57.0 Å². The lowest BCUT2D eigenvalue weighted by molar-refractivity contribution is -0.155. The maximum atomic E-state index is 13.0. The number of hydrogen-bond donors (Lipinski definition) is 1. The Hall–Kier alpha value is -3.68. The fourth-order valence-corrected chi connectivity index (χ4v) is 4.00. The summed E-state index contributed by atoms with van der Waals surface area (Å²) in [6.07, 6.45) is 3.84. The third kappa shape index (κ3) is 4.21. The van der Waals surface area contributed by atoms with E-state index >= 15 is 0 Å². The highest BCUT2D eigenvalue weighted by molar-refractivity contribution is 6.01. The number of primary amides is 1. The monoisotopic (exact) mass is 434 g/mol. The Morgan fingerprint density at radius 2 is 2.00 bits per heavy atom. The van der Waals surface area contributed by atoms with Crippen molar-refractivity contribution in [1.29, 1.82) is 0 Å². The van der Waals surface area contributed by atoms with Crippen LogP contribution < -0.4 is 5.73 Å². The second-order valence-electron chi connectivity index (χ2n) is 8.92. The predicted molar refractivity (Wildman–Crippen MR) is 119 cm³/mol. The number of rotatable bonds is 6. The van der Waals surface area contributed by atoms with Crippen molar-refractivity contribution in [2.24, 2.45) is 5.73 Å².